The number of benzene rings is 2. The van der Waals surface area contributed by atoms with E-state index in [0.717, 1.165) is 30.2 Å². The predicted molar refractivity (Wildman–Crippen MR) is 123 cm³/mol. The first-order valence-electron chi connectivity index (χ1n) is 10.8. The summed E-state index contributed by atoms with van der Waals surface area (Å²) in [6.07, 6.45) is 4.97. The Morgan fingerprint density at radius 3 is 2.41 bits per heavy atom. The molecule has 4 rings (SSSR count). The second-order valence-electron chi connectivity index (χ2n) is 7.70. The van der Waals surface area contributed by atoms with E-state index >= 15 is 0 Å². The first-order valence-corrected chi connectivity index (χ1v) is 10.8. The number of rotatable bonds is 6. The maximum atomic E-state index is 12.2. The molecular weight excluding hydrogens is 402 g/mol. The second kappa shape index (κ2) is 10.4. The van der Waals surface area contributed by atoms with Crippen LogP contribution in [-0.2, 0) is 4.79 Å². The molecule has 7 heteroatoms. The maximum absolute atomic E-state index is 12.2. The quantitative estimate of drug-likeness (QED) is 0.626. The monoisotopic (exact) mass is 427 g/mol. The number of carbonyl (C=O) groups is 1. The number of nitriles is 1. The van der Waals surface area contributed by atoms with E-state index in [-0.39, 0.29) is 12.5 Å². The lowest BCUT2D eigenvalue weighted by molar-refractivity contribution is -0.118. The topological polar surface area (TPSA) is 91.1 Å². The zero-order valence-corrected chi connectivity index (χ0v) is 17.8. The van der Waals surface area contributed by atoms with Crippen LogP contribution in [0.3, 0.4) is 0 Å². The van der Waals surface area contributed by atoms with Crippen LogP contribution in [0.25, 0.3) is 11.3 Å². The second-order valence-corrected chi connectivity index (χ2v) is 7.70. The molecule has 1 fully saturated rings. The number of hydrogen-bond acceptors (Lipinski definition) is 6. The molecule has 0 spiro atoms. The normalized spacial score (nSPS) is 13.7. The summed E-state index contributed by atoms with van der Waals surface area (Å²) >= 11 is 0. The lowest BCUT2D eigenvalue weighted by Gasteiger charge is -2.20. The van der Waals surface area contributed by atoms with Gasteiger partial charge in [0, 0.05) is 24.3 Å². The molecule has 0 atom stereocenters. The van der Waals surface area contributed by atoms with Crippen LogP contribution < -0.4 is 15.0 Å². The van der Waals surface area contributed by atoms with Crippen LogP contribution in [-0.4, -0.2) is 35.8 Å². The lowest BCUT2D eigenvalue weighted by atomic mass is 10.1. The van der Waals surface area contributed by atoms with Crippen LogP contribution in [0, 0.1) is 11.3 Å². The zero-order valence-electron chi connectivity index (χ0n) is 17.8. The molecular formula is C25H25N5O2. The minimum atomic E-state index is -0.299. The summed E-state index contributed by atoms with van der Waals surface area (Å²) in [5.41, 5.74) is 2.77. The van der Waals surface area contributed by atoms with Gasteiger partial charge >= 0.3 is 0 Å². The maximum Gasteiger partial charge on any atom is 0.262 e. The molecule has 1 aliphatic heterocycles. The molecule has 7 nitrogen and oxygen atoms in total. The van der Waals surface area contributed by atoms with E-state index in [2.05, 4.69) is 20.4 Å². The van der Waals surface area contributed by atoms with Gasteiger partial charge in [-0.1, -0.05) is 37.1 Å². The van der Waals surface area contributed by atoms with Crippen LogP contribution >= 0.6 is 0 Å². The van der Waals surface area contributed by atoms with Crippen LogP contribution in [0.1, 0.15) is 31.2 Å². The lowest BCUT2D eigenvalue weighted by Crippen LogP contribution is -2.25. The molecule has 162 valence electrons. The molecule has 0 aliphatic carbocycles. The molecule has 1 amide bonds. The van der Waals surface area contributed by atoms with Crippen LogP contribution in [0.15, 0.2) is 60.7 Å². The molecule has 32 heavy (non-hydrogen) atoms. The fraction of sp³-hybridized carbons (Fsp3) is 0.280. The number of anilines is 2. The third-order valence-electron chi connectivity index (χ3n) is 5.41. The van der Waals surface area contributed by atoms with Gasteiger partial charge in [0.1, 0.15) is 11.8 Å². The number of nitrogens with one attached hydrogen (secondary N) is 1. The fourth-order valence-electron chi connectivity index (χ4n) is 3.70. The van der Waals surface area contributed by atoms with Crippen molar-refractivity contribution in [2.45, 2.75) is 25.7 Å². The molecule has 2 heterocycles. The minimum absolute atomic E-state index is 0.177. The third kappa shape index (κ3) is 5.41. The third-order valence-corrected chi connectivity index (χ3v) is 5.41. The fourth-order valence-corrected chi connectivity index (χ4v) is 3.70. The van der Waals surface area contributed by atoms with E-state index in [1.165, 1.54) is 25.7 Å². The zero-order chi connectivity index (χ0) is 22.2. The van der Waals surface area contributed by atoms with E-state index in [0.29, 0.717) is 17.0 Å². The standard InChI is InChI=1S/C25H25N5O2/c26-17-20-7-3-4-8-23(20)32-18-25(31)27-21-11-9-19(10-12-21)22-13-14-24(29-28-22)30-15-5-1-2-6-16-30/h3-4,7-14H,1-2,5-6,15-16,18H2,(H,27,31). The Morgan fingerprint density at radius 1 is 0.969 bits per heavy atom. The van der Waals surface area contributed by atoms with Crippen molar-refractivity contribution in [1.82, 2.24) is 10.2 Å². The summed E-state index contributed by atoms with van der Waals surface area (Å²) in [7, 11) is 0. The highest BCUT2D eigenvalue weighted by molar-refractivity contribution is 5.92. The largest absolute Gasteiger partial charge is 0.482 e. The van der Waals surface area contributed by atoms with Gasteiger partial charge in [0.05, 0.1) is 11.3 Å². The molecule has 1 saturated heterocycles. The van der Waals surface area contributed by atoms with E-state index in [9.17, 15) is 4.79 Å². The van der Waals surface area contributed by atoms with Crippen molar-refractivity contribution >= 4 is 17.4 Å². The molecule has 2 aromatic carbocycles. The number of carbonyl (C=O) groups excluding carboxylic acids is 1. The summed E-state index contributed by atoms with van der Waals surface area (Å²) in [5, 5.41) is 20.7. The summed E-state index contributed by atoms with van der Waals surface area (Å²) in [6.45, 7) is 1.90. The number of aromatic nitrogens is 2. The van der Waals surface area contributed by atoms with Crippen LogP contribution in [0.2, 0.25) is 0 Å². The highest BCUT2D eigenvalue weighted by atomic mass is 16.5. The summed E-state index contributed by atoms with van der Waals surface area (Å²) in [4.78, 5) is 14.5. The number of para-hydroxylation sites is 1. The highest BCUT2D eigenvalue weighted by Gasteiger charge is 2.12. The number of amides is 1. The molecule has 1 aliphatic rings. The van der Waals surface area contributed by atoms with Gasteiger partial charge in [0.2, 0.25) is 0 Å². The van der Waals surface area contributed by atoms with Crippen LogP contribution in [0.4, 0.5) is 11.5 Å². The summed E-state index contributed by atoms with van der Waals surface area (Å²) in [6, 6.07) is 20.3. The van der Waals surface area contributed by atoms with Crippen molar-refractivity contribution in [3.05, 3.63) is 66.2 Å². The Labute approximate surface area is 187 Å². The van der Waals surface area contributed by atoms with Gasteiger partial charge in [0.25, 0.3) is 5.91 Å². The summed E-state index contributed by atoms with van der Waals surface area (Å²) in [5.74, 6) is 1.02. The van der Waals surface area contributed by atoms with Crippen molar-refractivity contribution in [2.24, 2.45) is 0 Å². The Balaban J connectivity index is 1.33. The molecule has 0 bridgehead atoms. The first kappa shape index (κ1) is 21.3. The van der Waals surface area contributed by atoms with Gasteiger partial charge in [-0.2, -0.15) is 5.26 Å². The molecule has 0 unspecified atom stereocenters. The van der Waals surface area contributed by atoms with E-state index in [1.54, 1.807) is 24.3 Å². The average Bonchev–Trinajstić information content (AvgIpc) is 3.13. The van der Waals surface area contributed by atoms with E-state index in [1.807, 2.05) is 42.5 Å². The average molecular weight is 428 g/mol. The Bertz CT molecular complexity index is 1080. The van der Waals surface area contributed by atoms with Gasteiger partial charge in [-0.25, -0.2) is 0 Å². The van der Waals surface area contributed by atoms with Crippen molar-refractivity contribution in [2.75, 3.05) is 29.9 Å². The highest BCUT2D eigenvalue weighted by Crippen LogP contribution is 2.22. The summed E-state index contributed by atoms with van der Waals surface area (Å²) < 4.78 is 5.47. The SMILES string of the molecule is N#Cc1ccccc1OCC(=O)Nc1ccc(-c2ccc(N3CCCCCC3)nn2)cc1. The Kier molecular flexibility index (Phi) is 6.93. The van der Waals surface area contributed by atoms with E-state index in [4.69, 9.17) is 10.00 Å². The van der Waals surface area contributed by atoms with Crippen molar-refractivity contribution in [3.8, 4) is 23.1 Å². The minimum Gasteiger partial charge on any atom is -0.482 e. The number of hydrogen-bond donors (Lipinski definition) is 1. The van der Waals surface area contributed by atoms with Crippen molar-refractivity contribution < 1.29 is 9.53 Å². The molecule has 0 saturated carbocycles. The number of nitrogens with zero attached hydrogens (tertiary/aromatic N) is 4. The first-order chi connectivity index (χ1) is 15.7. The van der Waals surface area contributed by atoms with Gasteiger partial charge < -0.3 is 15.0 Å². The molecule has 3 aromatic rings. The Morgan fingerprint density at radius 2 is 1.72 bits per heavy atom. The van der Waals surface area contributed by atoms with Crippen molar-refractivity contribution in [3.63, 3.8) is 0 Å². The van der Waals surface area contributed by atoms with Gasteiger partial charge in [-0.3, -0.25) is 4.79 Å². The van der Waals surface area contributed by atoms with Gasteiger partial charge in [0.15, 0.2) is 12.4 Å². The van der Waals surface area contributed by atoms with E-state index < -0.39 is 0 Å². The van der Waals surface area contributed by atoms with Crippen LogP contribution in [0.5, 0.6) is 5.75 Å². The smallest absolute Gasteiger partial charge is 0.262 e. The number of ether oxygens (including phenoxy) is 1. The molecule has 1 N–H and O–H groups in total. The predicted octanol–water partition coefficient (Wildman–Crippen LogP) is 4.41. The Hall–Kier alpha value is -3.92. The molecule has 0 radical (unpaired) electrons. The van der Waals surface area contributed by atoms with Crippen molar-refractivity contribution in [1.29, 1.82) is 5.26 Å². The van der Waals surface area contributed by atoms with Gasteiger partial charge in [-0.05, 0) is 49.2 Å². The molecule has 1 aromatic heterocycles. The van der Waals surface area contributed by atoms with Gasteiger partial charge in [-0.15, -0.1) is 10.2 Å².